The van der Waals surface area contributed by atoms with E-state index >= 15 is 0 Å². The molecule has 2 atom stereocenters. The Labute approximate surface area is 312 Å². The van der Waals surface area contributed by atoms with Gasteiger partial charge in [-0.3, -0.25) is 0 Å². The summed E-state index contributed by atoms with van der Waals surface area (Å²) < 4.78 is 0. The maximum absolute atomic E-state index is 5.48. The molecule has 0 aliphatic carbocycles. The molecule has 0 N–H and O–H groups in total. The molecule has 0 amide bonds. The van der Waals surface area contributed by atoms with E-state index in [0.717, 1.165) is 64.1 Å². The van der Waals surface area contributed by atoms with Crippen LogP contribution >= 0.6 is 0 Å². The van der Waals surface area contributed by atoms with Gasteiger partial charge >= 0.3 is 0 Å². The summed E-state index contributed by atoms with van der Waals surface area (Å²) in [6.45, 7) is 15.1. The topological polar surface area (TPSA) is 51.1 Å². The first-order chi connectivity index (χ1) is 26.0. The molecular formula is C46H43N7. The summed E-state index contributed by atoms with van der Waals surface area (Å²) in [5.74, 6) is 2.54. The van der Waals surface area contributed by atoms with Gasteiger partial charge in [0.15, 0.2) is 17.5 Å². The molecule has 0 radical (unpaired) electrons. The zero-order chi connectivity index (χ0) is 36.4. The van der Waals surface area contributed by atoms with Crippen molar-refractivity contribution in [3.05, 3.63) is 163 Å². The summed E-state index contributed by atoms with van der Waals surface area (Å²) >= 11 is 0. The molecule has 0 saturated carbocycles. The van der Waals surface area contributed by atoms with Crippen LogP contribution in [0, 0.1) is 12.3 Å². The Bertz CT molecular complexity index is 2380. The number of rotatable bonds is 7. The second kappa shape index (κ2) is 12.5. The predicted octanol–water partition coefficient (Wildman–Crippen LogP) is 10.4. The molecule has 5 heterocycles. The quantitative estimate of drug-likeness (QED) is 0.158. The van der Waals surface area contributed by atoms with E-state index in [2.05, 4.69) is 164 Å². The fourth-order valence-corrected chi connectivity index (χ4v) is 9.24. The molecule has 1 aromatic heterocycles. The number of fused-ring (bicyclic) bond motifs is 8. The van der Waals surface area contributed by atoms with E-state index < -0.39 is 0 Å². The van der Waals surface area contributed by atoms with Crippen molar-refractivity contribution >= 4 is 45.5 Å². The van der Waals surface area contributed by atoms with Crippen LogP contribution in [0.25, 0.3) is 22.5 Å². The molecule has 0 saturated heterocycles. The lowest BCUT2D eigenvalue weighted by atomic mass is 9.64. The first-order valence-electron chi connectivity index (χ1n) is 18.5. The summed E-state index contributed by atoms with van der Waals surface area (Å²) in [5.41, 5.74) is 12.3. The third-order valence-electron chi connectivity index (χ3n) is 11.7. The number of likely N-dealkylation sites (N-methyl/N-ethyl adjacent to an activating group) is 1. The van der Waals surface area contributed by atoms with E-state index in [9.17, 15) is 0 Å². The normalized spacial score (nSPS) is 20.8. The summed E-state index contributed by atoms with van der Waals surface area (Å²) in [4.78, 5) is 17.5. The van der Waals surface area contributed by atoms with Crippen LogP contribution in [-0.4, -0.2) is 35.2 Å². The summed E-state index contributed by atoms with van der Waals surface area (Å²) in [6.07, 6.45) is 9.25. The number of amidine groups is 1. The summed E-state index contributed by atoms with van der Waals surface area (Å²) in [7, 11) is 2.19. The van der Waals surface area contributed by atoms with Crippen LogP contribution in [0.15, 0.2) is 151 Å². The summed E-state index contributed by atoms with van der Waals surface area (Å²) in [5, 5.41) is 7.76. The standard InChI is InChI=1S/C46H43N7/c1-7-20-31(8-2)42-49-53-37-28-19-17-26-35(37)40(46(9-3,10-4)45(53)51(42)32-22-12-11-13-23-32)39-34-25-16-18-27-36(34)52-38-29-47-41(33-24-15-14-21-30(33)5)48-43(38)50(6)44(39)52/h7-8,11-29,44-45H,1-2,9-10H2,3-6H3. The third-order valence-corrected chi connectivity index (χ3v) is 11.7. The van der Waals surface area contributed by atoms with Gasteiger partial charge in [0.05, 0.1) is 17.6 Å². The van der Waals surface area contributed by atoms with Crippen molar-refractivity contribution in [2.24, 2.45) is 10.5 Å². The Morgan fingerprint density at radius 1 is 0.774 bits per heavy atom. The molecule has 7 nitrogen and oxygen atoms in total. The fourth-order valence-electron chi connectivity index (χ4n) is 9.24. The number of anilines is 5. The third kappa shape index (κ3) is 4.56. The first kappa shape index (κ1) is 32.7. The number of hydrogen-bond donors (Lipinski definition) is 0. The highest BCUT2D eigenvalue weighted by atomic mass is 15.6. The molecular weight excluding hydrogens is 651 g/mol. The van der Waals surface area contributed by atoms with Gasteiger partial charge in [0.2, 0.25) is 0 Å². The fraction of sp³-hybridized carbons (Fsp3) is 0.196. The monoisotopic (exact) mass is 693 g/mol. The second-order valence-electron chi connectivity index (χ2n) is 14.2. The van der Waals surface area contributed by atoms with E-state index in [-0.39, 0.29) is 17.7 Å². The maximum Gasteiger partial charge on any atom is 0.162 e. The minimum Gasteiger partial charge on any atom is -0.333 e. The number of nitrogens with zero attached hydrogens (tertiary/aromatic N) is 7. The van der Waals surface area contributed by atoms with Crippen LogP contribution in [0.5, 0.6) is 0 Å². The average Bonchev–Trinajstić information content (AvgIpc) is 3.85. The number of allylic oxidation sites excluding steroid dienone is 2. The lowest BCUT2D eigenvalue weighted by Gasteiger charge is -2.52. The van der Waals surface area contributed by atoms with Crippen LogP contribution in [0.1, 0.15) is 43.4 Å². The second-order valence-corrected chi connectivity index (χ2v) is 14.2. The van der Waals surface area contributed by atoms with E-state index in [1.165, 1.54) is 28.0 Å². The van der Waals surface area contributed by atoms with Gasteiger partial charge in [0, 0.05) is 46.0 Å². The van der Waals surface area contributed by atoms with Gasteiger partial charge in [-0.05, 0) is 55.2 Å². The van der Waals surface area contributed by atoms with Crippen LogP contribution in [-0.2, 0) is 0 Å². The van der Waals surface area contributed by atoms with Crippen molar-refractivity contribution in [1.29, 1.82) is 0 Å². The van der Waals surface area contributed by atoms with Crippen LogP contribution in [0.3, 0.4) is 0 Å². The van der Waals surface area contributed by atoms with E-state index in [1.807, 2.05) is 24.4 Å². The highest BCUT2D eigenvalue weighted by Crippen LogP contribution is 2.63. The van der Waals surface area contributed by atoms with Crippen molar-refractivity contribution in [1.82, 2.24) is 9.97 Å². The van der Waals surface area contributed by atoms with Gasteiger partial charge in [0.1, 0.15) is 18.0 Å². The molecule has 0 fully saturated rings. The minimum absolute atomic E-state index is 0.118. The smallest absolute Gasteiger partial charge is 0.162 e. The van der Waals surface area contributed by atoms with Crippen molar-refractivity contribution in [2.75, 3.05) is 26.8 Å². The number of aryl methyl sites for hydroxylation is 1. The number of hydrazone groups is 1. The largest absolute Gasteiger partial charge is 0.333 e. The highest BCUT2D eigenvalue weighted by molar-refractivity contribution is 6.17. The molecule has 4 aromatic carbocycles. The Morgan fingerprint density at radius 3 is 2.13 bits per heavy atom. The van der Waals surface area contributed by atoms with Gasteiger partial charge in [-0.1, -0.05) is 124 Å². The Hall–Kier alpha value is -6.21. The van der Waals surface area contributed by atoms with E-state index in [1.54, 1.807) is 0 Å². The first-order valence-corrected chi connectivity index (χ1v) is 18.5. The lowest BCUT2D eigenvalue weighted by molar-refractivity contribution is 0.288. The number of para-hydroxylation sites is 3. The number of benzene rings is 4. The minimum atomic E-state index is -0.359. The molecule has 5 aromatic rings. The highest BCUT2D eigenvalue weighted by Gasteiger charge is 2.58. The average molecular weight is 694 g/mol. The van der Waals surface area contributed by atoms with Crippen molar-refractivity contribution in [3.8, 4) is 11.4 Å². The molecule has 9 rings (SSSR count). The number of hydrogen-bond acceptors (Lipinski definition) is 7. The predicted molar refractivity (Wildman–Crippen MR) is 220 cm³/mol. The molecule has 0 spiro atoms. The molecule has 53 heavy (non-hydrogen) atoms. The van der Waals surface area contributed by atoms with Gasteiger partial charge in [-0.2, -0.15) is 5.10 Å². The maximum atomic E-state index is 5.48. The zero-order valence-corrected chi connectivity index (χ0v) is 30.7. The Morgan fingerprint density at radius 2 is 1.43 bits per heavy atom. The molecule has 7 heteroatoms. The molecule has 4 aliphatic rings. The van der Waals surface area contributed by atoms with Crippen LogP contribution in [0.4, 0.5) is 28.6 Å². The van der Waals surface area contributed by atoms with Crippen molar-refractivity contribution in [2.45, 2.75) is 45.9 Å². The molecule has 0 bridgehead atoms. The van der Waals surface area contributed by atoms with Crippen molar-refractivity contribution in [3.63, 3.8) is 0 Å². The Kier molecular flexibility index (Phi) is 7.70. The number of aromatic nitrogens is 2. The molecule has 2 unspecified atom stereocenters. The van der Waals surface area contributed by atoms with Gasteiger partial charge in [0.25, 0.3) is 0 Å². The molecule has 262 valence electrons. The van der Waals surface area contributed by atoms with Gasteiger partial charge in [-0.25, -0.2) is 15.0 Å². The van der Waals surface area contributed by atoms with E-state index in [4.69, 9.17) is 15.1 Å². The molecule has 4 aliphatic heterocycles. The van der Waals surface area contributed by atoms with E-state index in [0.29, 0.717) is 0 Å². The van der Waals surface area contributed by atoms with Crippen LogP contribution in [0.2, 0.25) is 0 Å². The van der Waals surface area contributed by atoms with Gasteiger partial charge in [-0.15, -0.1) is 0 Å². The zero-order valence-electron chi connectivity index (χ0n) is 30.7. The van der Waals surface area contributed by atoms with Crippen LogP contribution < -0.4 is 19.7 Å². The SMILES string of the molecule is C=CC=C(C=C)C1=NN2c3ccccc3C(=C3c4ccccc4N4c5cnc(-c6ccccc6C)nc5N(C)C34)C(CC)(CC)C2N1c1ccccc1. The van der Waals surface area contributed by atoms with Crippen molar-refractivity contribution < 1.29 is 0 Å². The van der Waals surface area contributed by atoms with Gasteiger partial charge < -0.3 is 14.7 Å². The Balaban J connectivity index is 1.32. The lowest BCUT2D eigenvalue weighted by Crippen LogP contribution is -2.57. The summed E-state index contributed by atoms with van der Waals surface area (Å²) in [6, 6.07) is 36.7.